The van der Waals surface area contributed by atoms with Gasteiger partial charge < -0.3 is 15.5 Å². The Hall–Kier alpha value is -2.96. The fraction of sp³-hybridized carbons (Fsp3) is 0.357. The van der Waals surface area contributed by atoms with Crippen LogP contribution < -0.4 is 10.6 Å². The number of hydrogen-bond acceptors (Lipinski definition) is 3. The smallest absolute Gasteiger partial charge is 0.251 e. The molecule has 0 bridgehead atoms. The highest BCUT2D eigenvalue weighted by Gasteiger charge is 2.40. The molecule has 2 unspecified atom stereocenters. The summed E-state index contributed by atoms with van der Waals surface area (Å²) in [6, 6.07) is 18.9. The van der Waals surface area contributed by atoms with Crippen LogP contribution in [-0.2, 0) is 11.3 Å². The fourth-order valence-electron chi connectivity index (χ4n) is 4.88. The third kappa shape index (κ3) is 5.49. The second-order valence-corrected chi connectivity index (χ2v) is 9.48. The molecular weight excluding hydrogens is 465 g/mol. The number of halogens is 2. The Balaban J connectivity index is 0.00000289. The van der Waals surface area contributed by atoms with Gasteiger partial charge in [0.2, 0.25) is 5.91 Å². The lowest BCUT2D eigenvalue weighted by atomic mass is 9.91. The molecule has 1 aliphatic heterocycles. The molecule has 0 radical (unpaired) electrons. The van der Waals surface area contributed by atoms with E-state index >= 15 is 0 Å². The summed E-state index contributed by atoms with van der Waals surface area (Å²) in [6.07, 6.45) is 2.68. The van der Waals surface area contributed by atoms with Crippen LogP contribution in [0.1, 0.15) is 40.7 Å². The molecule has 3 aromatic carbocycles. The highest BCUT2D eigenvalue weighted by atomic mass is 35.5. The van der Waals surface area contributed by atoms with Gasteiger partial charge in [0.05, 0.1) is 5.92 Å². The van der Waals surface area contributed by atoms with Crippen molar-refractivity contribution in [3.05, 3.63) is 83.2 Å². The largest absolute Gasteiger partial charge is 0.348 e. The maximum atomic E-state index is 14.0. The average molecular weight is 496 g/mol. The first-order chi connectivity index (χ1) is 16.5. The molecule has 5 rings (SSSR count). The van der Waals surface area contributed by atoms with E-state index in [9.17, 15) is 14.0 Å². The summed E-state index contributed by atoms with van der Waals surface area (Å²) in [5.41, 5.74) is 1.92. The van der Waals surface area contributed by atoms with Crippen molar-refractivity contribution in [3.8, 4) is 0 Å². The number of piperidine rings is 1. The molecule has 5 nitrogen and oxygen atoms in total. The number of aryl methyl sites for hydroxylation is 1. The summed E-state index contributed by atoms with van der Waals surface area (Å²) in [4.78, 5) is 28.7. The normalized spacial score (nSPS) is 19.6. The molecule has 2 aliphatic rings. The van der Waals surface area contributed by atoms with Crippen molar-refractivity contribution in [1.82, 2.24) is 15.5 Å². The molecule has 2 amide bonds. The van der Waals surface area contributed by atoms with Gasteiger partial charge in [-0.2, -0.15) is 0 Å². The SMILES string of the molecule is Cc1ccc(C(=O)NC2CCNCC2C(=O)N(Cc2cccc3ccccc23)C2CC2)cc1F.Cl. The van der Waals surface area contributed by atoms with Gasteiger partial charge in [0.25, 0.3) is 5.91 Å². The molecular formula is C28H31ClFN3O2. The summed E-state index contributed by atoms with van der Waals surface area (Å²) in [7, 11) is 0. The Morgan fingerprint density at radius 1 is 1.06 bits per heavy atom. The first kappa shape index (κ1) is 25.1. The third-order valence-corrected chi connectivity index (χ3v) is 7.04. The van der Waals surface area contributed by atoms with Crippen molar-refractivity contribution in [2.24, 2.45) is 5.92 Å². The Kier molecular flexibility index (Phi) is 7.72. The van der Waals surface area contributed by atoms with Gasteiger partial charge in [-0.3, -0.25) is 9.59 Å². The van der Waals surface area contributed by atoms with Crippen LogP contribution in [-0.4, -0.2) is 41.9 Å². The van der Waals surface area contributed by atoms with E-state index in [1.807, 2.05) is 23.1 Å². The van der Waals surface area contributed by atoms with Crippen molar-refractivity contribution in [2.75, 3.05) is 13.1 Å². The number of carbonyl (C=O) groups is 2. The Morgan fingerprint density at radius 2 is 1.83 bits per heavy atom. The molecule has 0 aromatic heterocycles. The molecule has 3 aromatic rings. The minimum atomic E-state index is -0.402. The van der Waals surface area contributed by atoms with Gasteiger partial charge in [-0.1, -0.05) is 48.5 Å². The first-order valence-electron chi connectivity index (χ1n) is 12.1. The van der Waals surface area contributed by atoms with Gasteiger partial charge >= 0.3 is 0 Å². The molecule has 184 valence electrons. The summed E-state index contributed by atoms with van der Waals surface area (Å²) in [5.74, 6) is -1.03. The first-order valence-corrected chi connectivity index (χ1v) is 12.1. The molecule has 2 fully saturated rings. The Morgan fingerprint density at radius 3 is 2.60 bits per heavy atom. The molecule has 1 saturated heterocycles. The molecule has 2 N–H and O–H groups in total. The van der Waals surface area contributed by atoms with Crippen molar-refractivity contribution < 1.29 is 14.0 Å². The zero-order valence-electron chi connectivity index (χ0n) is 19.8. The lowest BCUT2D eigenvalue weighted by molar-refractivity contribution is -0.138. The van der Waals surface area contributed by atoms with Crippen LogP contribution in [0.25, 0.3) is 10.8 Å². The quantitative estimate of drug-likeness (QED) is 0.525. The molecule has 1 heterocycles. The van der Waals surface area contributed by atoms with Gasteiger partial charge in [-0.15, -0.1) is 12.4 Å². The van der Waals surface area contributed by atoms with Crippen LogP contribution in [0.3, 0.4) is 0 Å². The summed E-state index contributed by atoms with van der Waals surface area (Å²) < 4.78 is 14.0. The van der Waals surface area contributed by atoms with E-state index in [0.717, 1.165) is 35.7 Å². The number of nitrogens with zero attached hydrogens (tertiary/aromatic N) is 1. The highest BCUT2D eigenvalue weighted by Crippen LogP contribution is 2.32. The van der Waals surface area contributed by atoms with E-state index in [2.05, 4.69) is 34.9 Å². The van der Waals surface area contributed by atoms with Gasteiger partial charge in [0.1, 0.15) is 5.82 Å². The van der Waals surface area contributed by atoms with Gasteiger partial charge in [-0.25, -0.2) is 4.39 Å². The number of amides is 2. The maximum absolute atomic E-state index is 14.0. The molecule has 0 spiro atoms. The maximum Gasteiger partial charge on any atom is 0.251 e. The second-order valence-electron chi connectivity index (χ2n) is 9.48. The van der Waals surface area contributed by atoms with Crippen molar-refractivity contribution >= 4 is 35.0 Å². The van der Waals surface area contributed by atoms with E-state index in [0.29, 0.717) is 25.1 Å². The summed E-state index contributed by atoms with van der Waals surface area (Å²) in [6.45, 7) is 3.47. The minimum Gasteiger partial charge on any atom is -0.348 e. The van der Waals surface area contributed by atoms with Crippen LogP contribution in [0.4, 0.5) is 4.39 Å². The van der Waals surface area contributed by atoms with Gasteiger partial charge in [-0.05, 0) is 66.8 Å². The molecule has 1 saturated carbocycles. The van der Waals surface area contributed by atoms with E-state index in [1.165, 1.54) is 6.07 Å². The lowest BCUT2D eigenvalue weighted by Gasteiger charge is -2.36. The zero-order chi connectivity index (χ0) is 23.7. The summed E-state index contributed by atoms with van der Waals surface area (Å²) >= 11 is 0. The standard InChI is InChI=1S/C28H30FN3O2.ClH/c1-18-9-10-20(15-25(18)29)27(33)31-26-13-14-30-16-24(26)28(34)32(22-11-12-22)17-21-7-4-6-19-5-2-3-8-23(19)21;/h2-10,15,22,24,26,30H,11-14,16-17H2,1H3,(H,31,33);1H. The molecule has 1 aliphatic carbocycles. The van der Waals surface area contributed by atoms with Crippen LogP contribution in [0.5, 0.6) is 0 Å². The molecule has 7 heteroatoms. The van der Waals surface area contributed by atoms with E-state index in [4.69, 9.17) is 0 Å². The monoisotopic (exact) mass is 495 g/mol. The van der Waals surface area contributed by atoms with E-state index < -0.39 is 5.82 Å². The van der Waals surface area contributed by atoms with E-state index in [-0.39, 0.29) is 47.8 Å². The van der Waals surface area contributed by atoms with Crippen molar-refractivity contribution in [1.29, 1.82) is 0 Å². The van der Waals surface area contributed by atoms with Crippen LogP contribution >= 0.6 is 12.4 Å². The van der Waals surface area contributed by atoms with Gasteiger partial charge in [0, 0.05) is 30.7 Å². The van der Waals surface area contributed by atoms with Crippen molar-refractivity contribution in [2.45, 2.75) is 44.8 Å². The second kappa shape index (κ2) is 10.8. The topological polar surface area (TPSA) is 61.4 Å². The summed E-state index contributed by atoms with van der Waals surface area (Å²) in [5, 5.41) is 8.68. The fourth-order valence-corrected chi connectivity index (χ4v) is 4.88. The number of nitrogens with one attached hydrogen (secondary N) is 2. The van der Waals surface area contributed by atoms with Gasteiger partial charge in [0.15, 0.2) is 0 Å². The van der Waals surface area contributed by atoms with Crippen LogP contribution in [0.2, 0.25) is 0 Å². The predicted molar refractivity (Wildman–Crippen MR) is 138 cm³/mol. The van der Waals surface area contributed by atoms with Crippen LogP contribution in [0.15, 0.2) is 60.7 Å². The number of benzene rings is 3. The molecule has 2 atom stereocenters. The van der Waals surface area contributed by atoms with Crippen molar-refractivity contribution in [3.63, 3.8) is 0 Å². The van der Waals surface area contributed by atoms with Crippen LogP contribution in [0, 0.1) is 18.7 Å². The Labute approximate surface area is 211 Å². The molecule has 35 heavy (non-hydrogen) atoms. The zero-order valence-corrected chi connectivity index (χ0v) is 20.6. The number of fused-ring (bicyclic) bond motifs is 1. The Bertz CT molecular complexity index is 1220. The number of carbonyl (C=O) groups excluding carboxylic acids is 2. The number of hydrogen-bond donors (Lipinski definition) is 2. The predicted octanol–water partition coefficient (Wildman–Crippen LogP) is 4.61. The number of rotatable bonds is 6. The average Bonchev–Trinajstić information content (AvgIpc) is 3.69. The lowest BCUT2D eigenvalue weighted by Crippen LogP contribution is -2.55. The van der Waals surface area contributed by atoms with E-state index in [1.54, 1.807) is 19.1 Å². The third-order valence-electron chi connectivity index (χ3n) is 7.04. The minimum absolute atomic E-state index is 0. The highest BCUT2D eigenvalue weighted by molar-refractivity contribution is 5.95.